The number of unbranched alkanes of at least 4 members (excludes halogenated alkanes) is 3. The van der Waals surface area contributed by atoms with Crippen LogP contribution in [0, 0.1) is 0 Å². The summed E-state index contributed by atoms with van der Waals surface area (Å²) < 4.78 is 12.1. The average molecular weight is 240 g/mol. The van der Waals surface area contributed by atoms with E-state index in [1.54, 1.807) is 0 Å². The zero-order valence-electron chi connectivity index (χ0n) is 12.5. The lowest BCUT2D eigenvalue weighted by atomic mass is 9.70. The van der Waals surface area contributed by atoms with Gasteiger partial charge in [0.15, 0.2) is 0 Å². The maximum atomic E-state index is 6.06. The number of hydrogen-bond acceptors (Lipinski definition) is 2. The Bertz CT molecular complexity index is 222. The lowest BCUT2D eigenvalue weighted by molar-refractivity contribution is 0.00578. The Labute approximate surface area is 108 Å². The highest BCUT2D eigenvalue weighted by molar-refractivity contribution is 6.47. The van der Waals surface area contributed by atoms with Crippen LogP contribution in [-0.2, 0) is 9.31 Å². The van der Waals surface area contributed by atoms with Crippen LogP contribution in [0.15, 0.2) is 0 Å². The average Bonchev–Trinajstić information content (AvgIpc) is 2.43. The third-order valence-electron chi connectivity index (χ3n) is 4.25. The quantitative estimate of drug-likeness (QED) is 0.504. The number of hydrogen-bond donors (Lipinski definition) is 0. The second-order valence-electron chi connectivity index (χ2n) is 6.45. The first kappa shape index (κ1) is 15.0. The molecule has 2 nitrogen and oxygen atoms in total. The molecule has 0 aromatic rings. The van der Waals surface area contributed by atoms with E-state index in [1.807, 2.05) is 0 Å². The van der Waals surface area contributed by atoms with E-state index in [2.05, 4.69) is 41.5 Å². The highest BCUT2D eigenvalue weighted by Gasteiger charge is 2.52. The van der Waals surface area contributed by atoms with E-state index in [0.717, 1.165) is 0 Å². The minimum Gasteiger partial charge on any atom is -0.403 e. The molecule has 0 aromatic carbocycles. The Hall–Kier alpha value is -0.0151. The van der Waals surface area contributed by atoms with Crippen molar-refractivity contribution in [2.24, 2.45) is 0 Å². The van der Waals surface area contributed by atoms with Crippen molar-refractivity contribution in [2.45, 2.75) is 90.7 Å². The third kappa shape index (κ3) is 3.72. The SMILES string of the molecule is CCCCCC[C@@H](C)B1OC(C)(C)C(C)(C)O1. The summed E-state index contributed by atoms with van der Waals surface area (Å²) >= 11 is 0. The maximum absolute atomic E-state index is 6.06. The molecule has 1 aliphatic heterocycles. The molecule has 100 valence electrons. The first-order valence-corrected chi connectivity index (χ1v) is 7.16. The molecule has 0 amide bonds. The van der Waals surface area contributed by atoms with Crippen molar-refractivity contribution in [3.05, 3.63) is 0 Å². The van der Waals surface area contributed by atoms with Crippen LogP contribution in [-0.4, -0.2) is 18.3 Å². The summed E-state index contributed by atoms with van der Waals surface area (Å²) in [5.41, 5.74) is -0.370. The summed E-state index contributed by atoms with van der Waals surface area (Å²) in [6, 6.07) is 0. The van der Waals surface area contributed by atoms with Gasteiger partial charge in [0, 0.05) is 0 Å². The van der Waals surface area contributed by atoms with Gasteiger partial charge in [-0.15, -0.1) is 0 Å². The van der Waals surface area contributed by atoms with Crippen LogP contribution in [0.5, 0.6) is 0 Å². The molecule has 0 bridgehead atoms. The van der Waals surface area contributed by atoms with E-state index < -0.39 is 0 Å². The number of rotatable bonds is 6. The molecule has 1 rings (SSSR count). The lowest BCUT2D eigenvalue weighted by Crippen LogP contribution is -2.41. The van der Waals surface area contributed by atoms with Crippen molar-refractivity contribution in [1.82, 2.24) is 0 Å². The van der Waals surface area contributed by atoms with Crippen LogP contribution in [0.25, 0.3) is 0 Å². The fourth-order valence-electron chi connectivity index (χ4n) is 2.15. The highest BCUT2D eigenvalue weighted by Crippen LogP contribution is 2.40. The van der Waals surface area contributed by atoms with Crippen molar-refractivity contribution in [1.29, 1.82) is 0 Å². The normalized spacial score (nSPS) is 24.0. The fraction of sp³-hybridized carbons (Fsp3) is 1.00. The van der Waals surface area contributed by atoms with Crippen molar-refractivity contribution in [2.75, 3.05) is 0 Å². The second kappa shape index (κ2) is 5.75. The van der Waals surface area contributed by atoms with Gasteiger partial charge in [0.2, 0.25) is 0 Å². The Morgan fingerprint density at radius 3 is 1.94 bits per heavy atom. The predicted molar refractivity (Wildman–Crippen MR) is 74.3 cm³/mol. The van der Waals surface area contributed by atoms with Crippen molar-refractivity contribution in [3.63, 3.8) is 0 Å². The molecule has 1 atom stereocenters. The van der Waals surface area contributed by atoms with Crippen LogP contribution in [0.1, 0.15) is 73.6 Å². The Morgan fingerprint density at radius 1 is 0.941 bits per heavy atom. The summed E-state index contributed by atoms with van der Waals surface area (Å²) in [6.07, 6.45) is 6.47. The van der Waals surface area contributed by atoms with E-state index in [-0.39, 0.29) is 18.3 Å². The first-order valence-electron chi connectivity index (χ1n) is 7.16. The molecule has 0 aliphatic carbocycles. The molecule has 0 N–H and O–H groups in total. The van der Waals surface area contributed by atoms with Crippen molar-refractivity contribution < 1.29 is 9.31 Å². The summed E-state index contributed by atoms with van der Waals surface area (Å²) in [4.78, 5) is 0. The van der Waals surface area contributed by atoms with E-state index >= 15 is 0 Å². The Morgan fingerprint density at radius 2 is 1.47 bits per heavy atom. The summed E-state index contributed by atoms with van der Waals surface area (Å²) in [6.45, 7) is 13.0. The topological polar surface area (TPSA) is 18.5 Å². The molecule has 1 heterocycles. The summed E-state index contributed by atoms with van der Waals surface area (Å²) in [5.74, 6) is 0.493. The molecule has 0 radical (unpaired) electrons. The Balaban J connectivity index is 2.37. The largest absolute Gasteiger partial charge is 0.460 e. The molecule has 3 heteroatoms. The molecular weight excluding hydrogens is 211 g/mol. The molecule has 1 fully saturated rings. The summed E-state index contributed by atoms with van der Waals surface area (Å²) in [7, 11) is -0.0263. The van der Waals surface area contributed by atoms with E-state index in [4.69, 9.17) is 9.31 Å². The predicted octanol–water partition coefficient (Wildman–Crippen LogP) is 4.44. The van der Waals surface area contributed by atoms with Gasteiger partial charge in [0.25, 0.3) is 0 Å². The van der Waals surface area contributed by atoms with Crippen molar-refractivity contribution in [3.8, 4) is 0 Å². The molecule has 1 saturated heterocycles. The van der Waals surface area contributed by atoms with Crippen LogP contribution < -0.4 is 0 Å². The zero-order chi connectivity index (χ0) is 13.1. The van der Waals surface area contributed by atoms with Gasteiger partial charge in [-0.3, -0.25) is 0 Å². The van der Waals surface area contributed by atoms with E-state index in [9.17, 15) is 0 Å². The van der Waals surface area contributed by atoms with Crippen LogP contribution in [0.2, 0.25) is 5.82 Å². The van der Waals surface area contributed by atoms with E-state index in [1.165, 1.54) is 32.1 Å². The minimum absolute atomic E-state index is 0.0263. The third-order valence-corrected chi connectivity index (χ3v) is 4.25. The van der Waals surface area contributed by atoms with Crippen molar-refractivity contribution >= 4 is 7.12 Å². The first-order chi connectivity index (χ1) is 7.80. The second-order valence-corrected chi connectivity index (χ2v) is 6.45. The van der Waals surface area contributed by atoms with Gasteiger partial charge < -0.3 is 9.31 Å². The molecule has 1 aliphatic rings. The molecule has 0 spiro atoms. The van der Waals surface area contributed by atoms with E-state index in [0.29, 0.717) is 5.82 Å². The van der Waals surface area contributed by atoms with Gasteiger partial charge in [-0.1, -0.05) is 46.0 Å². The standard InChI is InChI=1S/C14H29BO2/c1-7-8-9-10-11-12(2)15-16-13(3,4)14(5,6)17-15/h12H,7-11H2,1-6H3/t12-/m1/s1. The highest BCUT2D eigenvalue weighted by atomic mass is 16.7. The van der Waals surface area contributed by atoms with Gasteiger partial charge in [0.1, 0.15) is 0 Å². The summed E-state index contributed by atoms with van der Waals surface area (Å²) in [5, 5.41) is 0. The van der Waals surface area contributed by atoms with Gasteiger partial charge >= 0.3 is 7.12 Å². The Kier molecular flexibility index (Phi) is 5.09. The monoisotopic (exact) mass is 240 g/mol. The molecular formula is C14H29BO2. The molecule has 0 aromatic heterocycles. The molecule has 17 heavy (non-hydrogen) atoms. The minimum atomic E-state index is -0.185. The molecule has 0 saturated carbocycles. The fourth-order valence-corrected chi connectivity index (χ4v) is 2.15. The van der Waals surface area contributed by atoms with Gasteiger partial charge in [-0.25, -0.2) is 0 Å². The van der Waals surface area contributed by atoms with Gasteiger partial charge in [-0.05, 0) is 33.5 Å². The molecule has 0 unspecified atom stereocenters. The van der Waals surface area contributed by atoms with Gasteiger partial charge in [0.05, 0.1) is 11.2 Å². The van der Waals surface area contributed by atoms with Gasteiger partial charge in [-0.2, -0.15) is 0 Å². The maximum Gasteiger partial charge on any atom is 0.460 e. The lowest BCUT2D eigenvalue weighted by Gasteiger charge is -2.32. The smallest absolute Gasteiger partial charge is 0.403 e. The van der Waals surface area contributed by atoms with Crippen LogP contribution in [0.3, 0.4) is 0 Å². The van der Waals surface area contributed by atoms with Crippen LogP contribution in [0.4, 0.5) is 0 Å². The van der Waals surface area contributed by atoms with Crippen LogP contribution >= 0.6 is 0 Å². The zero-order valence-corrected chi connectivity index (χ0v) is 12.5.